The molecule has 2 aromatic carbocycles. The van der Waals surface area contributed by atoms with Gasteiger partial charge in [-0.2, -0.15) is 0 Å². The Morgan fingerprint density at radius 2 is 1.80 bits per heavy atom. The van der Waals surface area contributed by atoms with Gasteiger partial charge in [0, 0.05) is 6.54 Å². The van der Waals surface area contributed by atoms with E-state index in [0.717, 1.165) is 5.56 Å². The zero-order chi connectivity index (χ0) is 14.4. The van der Waals surface area contributed by atoms with Crippen molar-refractivity contribution in [1.82, 2.24) is 5.32 Å². The molecule has 4 heteroatoms. The molecule has 20 heavy (non-hydrogen) atoms. The third-order valence-corrected chi connectivity index (χ3v) is 2.81. The Hall–Kier alpha value is -2.36. The van der Waals surface area contributed by atoms with E-state index in [1.807, 2.05) is 18.2 Å². The molecule has 0 spiro atoms. The first-order valence-corrected chi connectivity index (χ1v) is 6.39. The number of amides is 1. The highest BCUT2D eigenvalue weighted by molar-refractivity contribution is 5.80. The summed E-state index contributed by atoms with van der Waals surface area (Å²) in [6.45, 7) is 2.04. The van der Waals surface area contributed by atoms with Crippen LogP contribution >= 0.6 is 0 Å². The van der Waals surface area contributed by atoms with Gasteiger partial charge >= 0.3 is 0 Å². The Labute approximate surface area is 117 Å². The number of carbonyl (C=O) groups excluding carboxylic acids is 1. The van der Waals surface area contributed by atoms with Gasteiger partial charge in [0.15, 0.2) is 6.10 Å². The van der Waals surface area contributed by atoms with E-state index in [1.165, 1.54) is 12.1 Å². The Kier molecular flexibility index (Phi) is 4.71. The molecule has 0 saturated heterocycles. The number of carbonyl (C=O) groups is 1. The van der Waals surface area contributed by atoms with E-state index < -0.39 is 6.10 Å². The number of hydrogen-bond acceptors (Lipinski definition) is 2. The molecular formula is C16H16FNO2. The van der Waals surface area contributed by atoms with Gasteiger partial charge in [-0.15, -0.1) is 0 Å². The largest absolute Gasteiger partial charge is 0.481 e. The predicted octanol–water partition coefficient (Wildman–Crippen LogP) is 2.91. The van der Waals surface area contributed by atoms with Crippen LogP contribution in [0.4, 0.5) is 4.39 Å². The minimum absolute atomic E-state index is 0.210. The summed E-state index contributed by atoms with van der Waals surface area (Å²) < 4.78 is 18.3. The van der Waals surface area contributed by atoms with Crippen LogP contribution in [0.5, 0.6) is 5.75 Å². The molecular weight excluding hydrogens is 257 g/mol. The lowest BCUT2D eigenvalue weighted by molar-refractivity contribution is -0.127. The lowest BCUT2D eigenvalue weighted by Crippen LogP contribution is -2.35. The molecule has 2 rings (SSSR count). The third kappa shape index (κ3) is 4.09. The molecule has 3 nitrogen and oxygen atoms in total. The first kappa shape index (κ1) is 14.1. The molecule has 0 saturated carbocycles. The lowest BCUT2D eigenvalue weighted by Gasteiger charge is -2.14. The second-order valence-electron chi connectivity index (χ2n) is 4.42. The molecule has 0 aliphatic carbocycles. The first-order valence-electron chi connectivity index (χ1n) is 6.39. The first-order chi connectivity index (χ1) is 9.65. The normalized spacial score (nSPS) is 11.7. The average Bonchev–Trinajstić information content (AvgIpc) is 2.47. The molecule has 1 N–H and O–H groups in total. The number of hydrogen-bond donors (Lipinski definition) is 1. The second kappa shape index (κ2) is 6.70. The number of para-hydroxylation sites is 1. The van der Waals surface area contributed by atoms with E-state index in [9.17, 15) is 9.18 Å². The van der Waals surface area contributed by atoms with Crippen molar-refractivity contribution in [2.45, 2.75) is 19.6 Å². The maximum absolute atomic E-state index is 12.7. The summed E-state index contributed by atoms with van der Waals surface area (Å²) in [5.74, 6) is 0.149. The van der Waals surface area contributed by atoms with Gasteiger partial charge in [0.2, 0.25) is 0 Å². The van der Waals surface area contributed by atoms with Crippen molar-refractivity contribution < 1.29 is 13.9 Å². The Bertz CT molecular complexity index is 554. The Morgan fingerprint density at radius 3 is 2.45 bits per heavy atom. The average molecular weight is 273 g/mol. The molecule has 0 aromatic heterocycles. The highest BCUT2D eigenvalue weighted by Gasteiger charge is 2.13. The van der Waals surface area contributed by atoms with Crippen molar-refractivity contribution in [3.05, 3.63) is 66.0 Å². The van der Waals surface area contributed by atoms with E-state index in [1.54, 1.807) is 31.2 Å². The maximum atomic E-state index is 12.7. The standard InChI is InChI=1S/C16H16FNO2/c1-12(20-15-5-3-2-4-6-15)16(19)18-11-13-7-9-14(17)10-8-13/h2-10,12H,11H2,1H3,(H,18,19)/t12-/m1/s1. The van der Waals surface area contributed by atoms with Gasteiger partial charge in [-0.05, 0) is 36.8 Å². The summed E-state index contributed by atoms with van der Waals surface area (Å²) in [5, 5.41) is 2.75. The fourth-order valence-corrected chi connectivity index (χ4v) is 1.69. The molecule has 0 bridgehead atoms. The van der Waals surface area contributed by atoms with Crippen LogP contribution in [0.15, 0.2) is 54.6 Å². The van der Waals surface area contributed by atoms with Crippen LogP contribution in [0.3, 0.4) is 0 Å². The zero-order valence-electron chi connectivity index (χ0n) is 11.2. The Morgan fingerprint density at radius 1 is 1.15 bits per heavy atom. The van der Waals surface area contributed by atoms with Gasteiger partial charge < -0.3 is 10.1 Å². The van der Waals surface area contributed by atoms with Crippen molar-refractivity contribution >= 4 is 5.91 Å². The SMILES string of the molecule is C[C@@H](Oc1ccccc1)C(=O)NCc1ccc(F)cc1. The minimum atomic E-state index is -0.585. The van der Waals surface area contributed by atoms with Crippen molar-refractivity contribution in [1.29, 1.82) is 0 Å². The lowest BCUT2D eigenvalue weighted by atomic mass is 10.2. The molecule has 1 atom stereocenters. The quantitative estimate of drug-likeness (QED) is 0.909. The van der Waals surface area contributed by atoms with Gasteiger partial charge in [0.25, 0.3) is 5.91 Å². The fraction of sp³-hybridized carbons (Fsp3) is 0.188. The predicted molar refractivity (Wildman–Crippen MR) is 74.8 cm³/mol. The van der Waals surface area contributed by atoms with Gasteiger partial charge in [0.1, 0.15) is 11.6 Å². The second-order valence-corrected chi connectivity index (χ2v) is 4.42. The molecule has 0 unspecified atom stereocenters. The van der Waals surface area contributed by atoms with Gasteiger partial charge in [-0.3, -0.25) is 4.79 Å². The number of benzene rings is 2. The van der Waals surface area contributed by atoms with Gasteiger partial charge in [-0.25, -0.2) is 4.39 Å². The van der Waals surface area contributed by atoms with Crippen LogP contribution in [-0.4, -0.2) is 12.0 Å². The summed E-state index contributed by atoms with van der Waals surface area (Å²) >= 11 is 0. The monoisotopic (exact) mass is 273 g/mol. The van der Waals surface area contributed by atoms with E-state index in [2.05, 4.69) is 5.32 Å². The molecule has 0 fully saturated rings. The summed E-state index contributed by atoms with van der Waals surface area (Å²) in [6, 6.07) is 15.2. The van der Waals surface area contributed by atoms with Gasteiger partial charge in [-0.1, -0.05) is 30.3 Å². The number of ether oxygens (including phenoxy) is 1. The molecule has 0 aliphatic rings. The highest BCUT2D eigenvalue weighted by Crippen LogP contribution is 2.11. The van der Waals surface area contributed by atoms with Crippen LogP contribution in [0, 0.1) is 5.82 Å². The van der Waals surface area contributed by atoms with Crippen molar-refractivity contribution in [3.63, 3.8) is 0 Å². The maximum Gasteiger partial charge on any atom is 0.261 e. The van der Waals surface area contributed by atoms with Crippen LogP contribution in [0.25, 0.3) is 0 Å². The third-order valence-electron chi connectivity index (χ3n) is 2.81. The smallest absolute Gasteiger partial charge is 0.261 e. The molecule has 2 aromatic rings. The zero-order valence-corrected chi connectivity index (χ0v) is 11.2. The van der Waals surface area contributed by atoms with Crippen molar-refractivity contribution in [2.24, 2.45) is 0 Å². The minimum Gasteiger partial charge on any atom is -0.481 e. The van der Waals surface area contributed by atoms with E-state index in [-0.39, 0.29) is 11.7 Å². The summed E-state index contributed by atoms with van der Waals surface area (Å²) in [7, 11) is 0. The molecule has 1 amide bonds. The number of rotatable bonds is 5. The molecule has 0 aliphatic heterocycles. The van der Waals surface area contributed by atoms with Crippen molar-refractivity contribution in [2.75, 3.05) is 0 Å². The van der Waals surface area contributed by atoms with Crippen LogP contribution < -0.4 is 10.1 Å². The number of nitrogens with one attached hydrogen (secondary N) is 1. The van der Waals surface area contributed by atoms with Crippen LogP contribution in [0.2, 0.25) is 0 Å². The summed E-state index contributed by atoms with van der Waals surface area (Å²) in [4.78, 5) is 11.9. The summed E-state index contributed by atoms with van der Waals surface area (Å²) in [6.07, 6.45) is -0.585. The van der Waals surface area contributed by atoms with E-state index in [0.29, 0.717) is 12.3 Å². The van der Waals surface area contributed by atoms with Crippen LogP contribution in [0.1, 0.15) is 12.5 Å². The van der Waals surface area contributed by atoms with E-state index in [4.69, 9.17) is 4.74 Å². The number of halogens is 1. The van der Waals surface area contributed by atoms with Gasteiger partial charge in [0.05, 0.1) is 0 Å². The molecule has 0 heterocycles. The highest BCUT2D eigenvalue weighted by atomic mass is 19.1. The fourth-order valence-electron chi connectivity index (χ4n) is 1.69. The van der Waals surface area contributed by atoms with E-state index >= 15 is 0 Å². The molecule has 104 valence electrons. The Balaban J connectivity index is 1.83. The topological polar surface area (TPSA) is 38.3 Å². The molecule has 0 radical (unpaired) electrons. The summed E-state index contributed by atoms with van der Waals surface area (Å²) in [5.41, 5.74) is 0.840. The van der Waals surface area contributed by atoms with Crippen molar-refractivity contribution in [3.8, 4) is 5.75 Å². The van der Waals surface area contributed by atoms with Crippen LogP contribution in [-0.2, 0) is 11.3 Å².